The zero-order chi connectivity index (χ0) is 10.3. The average molecular weight is 195 g/mol. The lowest BCUT2D eigenvalue weighted by molar-refractivity contribution is 0.358. The first kappa shape index (κ1) is 8.67. The molecule has 0 spiro atoms. The molecule has 0 N–H and O–H groups in total. The van der Waals surface area contributed by atoms with Gasteiger partial charge in [-0.2, -0.15) is 4.98 Å². The van der Waals surface area contributed by atoms with Gasteiger partial charge < -0.3 is 4.74 Å². The summed E-state index contributed by atoms with van der Waals surface area (Å²) < 4.78 is 7.66. The van der Waals surface area contributed by atoms with Crippen LogP contribution in [0, 0.1) is 0 Å². The van der Waals surface area contributed by atoms with E-state index in [2.05, 4.69) is 15.3 Å². The van der Waals surface area contributed by atoms with Crippen molar-refractivity contribution in [1.29, 1.82) is 0 Å². The molecule has 0 amide bonds. The highest BCUT2D eigenvalue weighted by atomic mass is 16.5. The van der Waals surface area contributed by atoms with Gasteiger partial charge in [-0.05, 0) is 0 Å². The van der Waals surface area contributed by atoms with Gasteiger partial charge in [0.2, 0.25) is 0 Å². The Bertz CT molecular complexity index is 541. The molecule has 2 rings (SSSR count). The van der Waals surface area contributed by atoms with Crippen molar-refractivity contribution < 1.29 is 4.74 Å². The van der Waals surface area contributed by atoms with Crippen molar-refractivity contribution in [2.45, 2.75) is 0 Å². The summed E-state index contributed by atoms with van der Waals surface area (Å²) >= 11 is 0. The van der Waals surface area contributed by atoms with Gasteiger partial charge in [0, 0.05) is 14.1 Å². The molecule has 7 nitrogen and oxygen atoms in total. The second kappa shape index (κ2) is 2.79. The zero-order valence-electron chi connectivity index (χ0n) is 8.05. The Morgan fingerprint density at radius 2 is 2.07 bits per heavy atom. The third-order valence-electron chi connectivity index (χ3n) is 1.98. The molecule has 0 aliphatic carbocycles. The van der Waals surface area contributed by atoms with Crippen LogP contribution in [-0.4, -0.2) is 31.7 Å². The molecule has 0 fully saturated rings. The molecular formula is C7H9N5O2. The normalized spacial score (nSPS) is 10.8. The quantitative estimate of drug-likeness (QED) is 0.587. The second-order valence-corrected chi connectivity index (χ2v) is 2.85. The van der Waals surface area contributed by atoms with Crippen LogP contribution >= 0.6 is 0 Å². The molecule has 2 aromatic heterocycles. The molecule has 0 aliphatic rings. The second-order valence-electron chi connectivity index (χ2n) is 2.85. The van der Waals surface area contributed by atoms with Crippen molar-refractivity contribution in [3.63, 3.8) is 0 Å². The SMILES string of the molecule is COc1nc2c(nnn2C)c(=O)n1C. The lowest BCUT2D eigenvalue weighted by Crippen LogP contribution is -2.20. The standard InChI is InChI=1S/C7H9N5O2/c1-11-6(13)4-5(8-7(11)14-3)12(2)10-9-4/h1-3H3. The number of aromatic nitrogens is 5. The fourth-order valence-corrected chi connectivity index (χ4v) is 1.21. The molecule has 0 aliphatic heterocycles. The van der Waals surface area contributed by atoms with Crippen LogP contribution in [0.1, 0.15) is 0 Å². The zero-order valence-corrected chi connectivity index (χ0v) is 8.05. The van der Waals surface area contributed by atoms with Gasteiger partial charge >= 0.3 is 6.01 Å². The molecule has 0 aromatic carbocycles. The monoisotopic (exact) mass is 195 g/mol. The summed E-state index contributed by atoms with van der Waals surface area (Å²) in [6.07, 6.45) is 0. The average Bonchev–Trinajstić information content (AvgIpc) is 2.54. The predicted molar refractivity (Wildman–Crippen MR) is 48.1 cm³/mol. The predicted octanol–water partition coefficient (Wildman–Crippen LogP) is -0.929. The first-order chi connectivity index (χ1) is 6.65. The maximum absolute atomic E-state index is 11.6. The first-order valence-electron chi connectivity index (χ1n) is 3.95. The summed E-state index contributed by atoms with van der Waals surface area (Å²) in [5, 5.41) is 7.42. The van der Waals surface area contributed by atoms with Gasteiger partial charge in [0.15, 0.2) is 11.2 Å². The molecule has 0 saturated heterocycles. The largest absolute Gasteiger partial charge is 0.468 e. The molecule has 7 heteroatoms. The van der Waals surface area contributed by atoms with E-state index in [1.165, 1.54) is 16.4 Å². The number of methoxy groups -OCH3 is 1. The number of hydrogen-bond acceptors (Lipinski definition) is 5. The molecule has 0 atom stereocenters. The minimum absolute atomic E-state index is 0.243. The smallest absolute Gasteiger partial charge is 0.300 e. The van der Waals surface area contributed by atoms with Gasteiger partial charge in [0.25, 0.3) is 5.56 Å². The number of ether oxygens (including phenoxy) is 1. The highest BCUT2D eigenvalue weighted by Crippen LogP contribution is 2.07. The summed E-state index contributed by atoms with van der Waals surface area (Å²) in [6, 6.07) is 0.243. The third kappa shape index (κ3) is 0.983. The molecular weight excluding hydrogens is 186 g/mol. The number of hydrogen-bond donors (Lipinski definition) is 0. The Hall–Kier alpha value is -1.92. The molecule has 2 heterocycles. The van der Waals surface area contributed by atoms with Gasteiger partial charge in [-0.25, -0.2) is 4.68 Å². The van der Waals surface area contributed by atoms with Crippen LogP contribution in [0.15, 0.2) is 4.79 Å². The maximum atomic E-state index is 11.6. The third-order valence-corrected chi connectivity index (χ3v) is 1.98. The summed E-state index contributed by atoms with van der Waals surface area (Å²) in [7, 11) is 4.70. The lowest BCUT2D eigenvalue weighted by Gasteiger charge is -2.03. The van der Waals surface area contributed by atoms with Crippen molar-refractivity contribution in [1.82, 2.24) is 24.5 Å². The van der Waals surface area contributed by atoms with Crippen LogP contribution in [0.5, 0.6) is 6.01 Å². The van der Waals surface area contributed by atoms with E-state index in [0.717, 1.165) is 0 Å². The van der Waals surface area contributed by atoms with E-state index in [1.54, 1.807) is 14.1 Å². The van der Waals surface area contributed by atoms with Crippen molar-refractivity contribution in [3.8, 4) is 6.01 Å². The van der Waals surface area contributed by atoms with Crippen molar-refractivity contribution in [2.75, 3.05) is 7.11 Å². The van der Waals surface area contributed by atoms with E-state index < -0.39 is 0 Å². The summed E-state index contributed by atoms with van der Waals surface area (Å²) in [5.74, 6) is 0. The van der Waals surface area contributed by atoms with Gasteiger partial charge in [-0.3, -0.25) is 9.36 Å². The number of aryl methyl sites for hydroxylation is 1. The molecule has 74 valence electrons. The van der Waals surface area contributed by atoms with Gasteiger partial charge in [0.05, 0.1) is 7.11 Å². The minimum Gasteiger partial charge on any atom is -0.468 e. The van der Waals surface area contributed by atoms with E-state index in [4.69, 9.17) is 4.74 Å². The Morgan fingerprint density at radius 1 is 1.36 bits per heavy atom. The maximum Gasteiger partial charge on any atom is 0.300 e. The van der Waals surface area contributed by atoms with Crippen molar-refractivity contribution in [3.05, 3.63) is 10.4 Å². The molecule has 14 heavy (non-hydrogen) atoms. The topological polar surface area (TPSA) is 74.8 Å². The summed E-state index contributed by atoms with van der Waals surface area (Å²) in [5.41, 5.74) is 0.403. The highest BCUT2D eigenvalue weighted by molar-refractivity contribution is 5.68. The Morgan fingerprint density at radius 3 is 2.71 bits per heavy atom. The van der Waals surface area contributed by atoms with Gasteiger partial charge in [-0.1, -0.05) is 5.21 Å². The van der Waals surface area contributed by atoms with Crippen LogP contribution in [0.2, 0.25) is 0 Å². The Balaban J connectivity index is 2.95. The lowest BCUT2D eigenvalue weighted by atomic mass is 10.5. The van der Waals surface area contributed by atoms with E-state index >= 15 is 0 Å². The van der Waals surface area contributed by atoms with E-state index in [0.29, 0.717) is 5.65 Å². The fraction of sp³-hybridized carbons (Fsp3) is 0.429. The van der Waals surface area contributed by atoms with Crippen LogP contribution in [0.3, 0.4) is 0 Å². The van der Waals surface area contributed by atoms with Gasteiger partial charge in [0.1, 0.15) is 0 Å². The molecule has 2 aromatic rings. The number of rotatable bonds is 1. The summed E-state index contributed by atoms with van der Waals surface area (Å²) in [6.45, 7) is 0. The Labute approximate surface area is 78.9 Å². The molecule has 0 bridgehead atoms. The highest BCUT2D eigenvalue weighted by Gasteiger charge is 2.12. The van der Waals surface area contributed by atoms with E-state index in [9.17, 15) is 4.79 Å². The first-order valence-corrected chi connectivity index (χ1v) is 3.95. The Kier molecular flexibility index (Phi) is 1.73. The molecule has 0 unspecified atom stereocenters. The van der Waals surface area contributed by atoms with Crippen LogP contribution < -0.4 is 10.3 Å². The van der Waals surface area contributed by atoms with Crippen LogP contribution in [-0.2, 0) is 14.1 Å². The molecule has 0 radical (unpaired) electrons. The molecule has 0 saturated carbocycles. The van der Waals surface area contributed by atoms with Crippen molar-refractivity contribution in [2.24, 2.45) is 14.1 Å². The number of nitrogens with zero attached hydrogens (tertiary/aromatic N) is 5. The van der Waals surface area contributed by atoms with Crippen LogP contribution in [0.25, 0.3) is 11.2 Å². The number of fused-ring (bicyclic) bond motifs is 1. The minimum atomic E-state index is -0.264. The van der Waals surface area contributed by atoms with Crippen LogP contribution in [0.4, 0.5) is 0 Å². The van der Waals surface area contributed by atoms with E-state index in [-0.39, 0.29) is 17.1 Å². The fourth-order valence-electron chi connectivity index (χ4n) is 1.21. The van der Waals surface area contributed by atoms with Gasteiger partial charge in [-0.15, -0.1) is 5.10 Å². The van der Waals surface area contributed by atoms with E-state index in [1.807, 2.05) is 0 Å². The summed E-state index contributed by atoms with van der Waals surface area (Å²) in [4.78, 5) is 15.7. The van der Waals surface area contributed by atoms with Crippen molar-refractivity contribution >= 4 is 11.2 Å².